The molecule has 3 rings (SSSR count). The molecule has 2 fully saturated rings. The molecule has 1 aromatic carbocycles. The number of hydrogen-bond donors (Lipinski definition) is 2. The summed E-state index contributed by atoms with van der Waals surface area (Å²) in [4.78, 5) is 11.8. The molecule has 3 nitrogen and oxygen atoms in total. The highest BCUT2D eigenvalue weighted by Gasteiger charge is 2.49. The molecule has 2 saturated carbocycles. The number of nitrogens with two attached hydrogens (primary N) is 1. The second-order valence-electron chi connectivity index (χ2n) is 5.49. The van der Waals surface area contributed by atoms with E-state index in [1.807, 2.05) is 6.07 Å². The van der Waals surface area contributed by atoms with E-state index in [1.54, 1.807) is 0 Å². The molecule has 18 heavy (non-hydrogen) atoms. The number of rotatable bonds is 4. The Labute approximate surface area is 114 Å². The Kier molecular flexibility index (Phi) is 3.39. The van der Waals surface area contributed by atoms with Crippen molar-refractivity contribution in [1.29, 1.82) is 0 Å². The standard InChI is InChI=1S/C14H18N2O.ClH/c15-14(8-9-14)12(17)16-10-13(6-7-13)11-4-2-1-3-5-11;/h1-5H,6-10,15H2,(H,16,17);1H. The van der Waals surface area contributed by atoms with E-state index in [9.17, 15) is 4.79 Å². The Morgan fingerprint density at radius 2 is 1.78 bits per heavy atom. The van der Waals surface area contributed by atoms with Crippen LogP contribution in [0.5, 0.6) is 0 Å². The summed E-state index contributed by atoms with van der Waals surface area (Å²) in [6.45, 7) is 0.731. The summed E-state index contributed by atoms with van der Waals surface area (Å²) < 4.78 is 0. The molecule has 4 heteroatoms. The normalized spacial score (nSPS) is 21.6. The maximum atomic E-state index is 11.8. The zero-order chi connectivity index (χ0) is 11.9. The number of amides is 1. The summed E-state index contributed by atoms with van der Waals surface area (Å²) in [5.41, 5.74) is 6.84. The van der Waals surface area contributed by atoms with E-state index in [0.717, 1.165) is 32.2 Å². The van der Waals surface area contributed by atoms with E-state index in [2.05, 4.69) is 29.6 Å². The van der Waals surface area contributed by atoms with Crippen molar-refractivity contribution >= 4 is 18.3 Å². The first kappa shape index (κ1) is 13.4. The van der Waals surface area contributed by atoms with Gasteiger partial charge in [-0.2, -0.15) is 0 Å². The average Bonchev–Trinajstić information content (AvgIpc) is 3.25. The van der Waals surface area contributed by atoms with Crippen LogP contribution in [0, 0.1) is 0 Å². The molecule has 2 aliphatic carbocycles. The first-order valence-corrected chi connectivity index (χ1v) is 6.27. The molecule has 0 aromatic heterocycles. The van der Waals surface area contributed by atoms with Gasteiger partial charge >= 0.3 is 0 Å². The minimum Gasteiger partial charge on any atom is -0.354 e. The molecule has 98 valence electrons. The van der Waals surface area contributed by atoms with Gasteiger partial charge in [0.1, 0.15) is 0 Å². The molecule has 0 spiro atoms. The predicted molar refractivity (Wildman–Crippen MR) is 73.8 cm³/mol. The molecule has 0 atom stereocenters. The van der Waals surface area contributed by atoms with E-state index in [0.29, 0.717) is 0 Å². The molecule has 3 N–H and O–H groups in total. The zero-order valence-electron chi connectivity index (χ0n) is 10.3. The molecule has 1 amide bonds. The lowest BCUT2D eigenvalue weighted by Crippen LogP contribution is -2.45. The van der Waals surface area contributed by atoms with Crippen LogP contribution in [0.3, 0.4) is 0 Å². The summed E-state index contributed by atoms with van der Waals surface area (Å²) in [5, 5.41) is 3.02. The fourth-order valence-corrected chi connectivity index (χ4v) is 2.30. The number of carbonyl (C=O) groups is 1. The van der Waals surface area contributed by atoms with Gasteiger partial charge in [0.25, 0.3) is 0 Å². The van der Waals surface area contributed by atoms with Crippen molar-refractivity contribution < 1.29 is 4.79 Å². The lowest BCUT2D eigenvalue weighted by molar-refractivity contribution is -0.123. The summed E-state index contributed by atoms with van der Waals surface area (Å²) in [6, 6.07) is 10.4. The fraction of sp³-hybridized carbons (Fsp3) is 0.500. The quantitative estimate of drug-likeness (QED) is 0.872. The number of halogens is 1. The van der Waals surface area contributed by atoms with E-state index in [4.69, 9.17) is 5.73 Å². The molecule has 1 aromatic rings. The third-order valence-corrected chi connectivity index (χ3v) is 4.07. The van der Waals surface area contributed by atoms with Gasteiger partial charge in [-0.1, -0.05) is 30.3 Å². The van der Waals surface area contributed by atoms with E-state index >= 15 is 0 Å². The van der Waals surface area contributed by atoms with Gasteiger partial charge in [-0.25, -0.2) is 0 Å². The summed E-state index contributed by atoms with van der Waals surface area (Å²) in [5.74, 6) is 0.0275. The number of benzene rings is 1. The van der Waals surface area contributed by atoms with Crippen molar-refractivity contribution in [2.45, 2.75) is 36.6 Å². The van der Waals surface area contributed by atoms with Gasteiger partial charge in [-0.05, 0) is 31.2 Å². The highest BCUT2D eigenvalue weighted by atomic mass is 35.5. The maximum Gasteiger partial charge on any atom is 0.240 e. The van der Waals surface area contributed by atoms with Crippen LogP contribution in [-0.4, -0.2) is 18.0 Å². The smallest absolute Gasteiger partial charge is 0.240 e. The number of nitrogens with one attached hydrogen (secondary N) is 1. The lowest BCUT2D eigenvalue weighted by atomic mass is 9.96. The van der Waals surface area contributed by atoms with Gasteiger partial charge in [-0.3, -0.25) is 4.79 Å². The topological polar surface area (TPSA) is 55.1 Å². The van der Waals surface area contributed by atoms with Gasteiger partial charge in [0.2, 0.25) is 5.91 Å². The summed E-state index contributed by atoms with van der Waals surface area (Å²) >= 11 is 0. The Morgan fingerprint density at radius 3 is 2.28 bits per heavy atom. The fourth-order valence-electron chi connectivity index (χ4n) is 2.30. The Morgan fingerprint density at radius 1 is 1.17 bits per heavy atom. The summed E-state index contributed by atoms with van der Waals surface area (Å²) in [6.07, 6.45) is 3.98. The van der Waals surface area contributed by atoms with Crippen LogP contribution in [-0.2, 0) is 10.2 Å². The van der Waals surface area contributed by atoms with Crippen molar-refractivity contribution in [3.05, 3.63) is 35.9 Å². The van der Waals surface area contributed by atoms with Crippen molar-refractivity contribution in [2.75, 3.05) is 6.54 Å². The number of carbonyl (C=O) groups excluding carboxylic acids is 1. The molecule has 0 heterocycles. The molecule has 2 aliphatic rings. The minimum absolute atomic E-state index is 0. The second kappa shape index (κ2) is 4.56. The zero-order valence-corrected chi connectivity index (χ0v) is 11.1. The third-order valence-electron chi connectivity index (χ3n) is 4.07. The van der Waals surface area contributed by atoms with Crippen molar-refractivity contribution in [3.8, 4) is 0 Å². The Hall–Kier alpha value is -1.06. The predicted octanol–water partition coefficient (Wildman–Crippen LogP) is 1.75. The van der Waals surface area contributed by atoms with Gasteiger partial charge in [-0.15, -0.1) is 12.4 Å². The monoisotopic (exact) mass is 266 g/mol. The molecule has 0 saturated heterocycles. The first-order chi connectivity index (χ1) is 8.15. The van der Waals surface area contributed by atoms with Gasteiger partial charge in [0.05, 0.1) is 5.54 Å². The Balaban J connectivity index is 0.00000120. The highest BCUT2D eigenvalue weighted by molar-refractivity contribution is 5.89. The highest BCUT2D eigenvalue weighted by Crippen LogP contribution is 2.47. The van der Waals surface area contributed by atoms with Crippen molar-refractivity contribution in [1.82, 2.24) is 5.32 Å². The van der Waals surface area contributed by atoms with Gasteiger partial charge in [0.15, 0.2) is 0 Å². The molecule has 0 radical (unpaired) electrons. The van der Waals surface area contributed by atoms with Crippen LogP contribution < -0.4 is 11.1 Å². The van der Waals surface area contributed by atoms with Gasteiger partial charge < -0.3 is 11.1 Å². The molecule has 0 unspecified atom stereocenters. The van der Waals surface area contributed by atoms with E-state index in [-0.39, 0.29) is 23.7 Å². The first-order valence-electron chi connectivity index (χ1n) is 6.27. The molecular weight excluding hydrogens is 248 g/mol. The van der Waals surface area contributed by atoms with Crippen LogP contribution in [0.2, 0.25) is 0 Å². The van der Waals surface area contributed by atoms with Crippen molar-refractivity contribution in [3.63, 3.8) is 0 Å². The summed E-state index contributed by atoms with van der Waals surface area (Å²) in [7, 11) is 0. The van der Waals surface area contributed by atoms with Crippen LogP contribution >= 0.6 is 12.4 Å². The third kappa shape index (κ3) is 2.38. The average molecular weight is 267 g/mol. The van der Waals surface area contributed by atoms with E-state index in [1.165, 1.54) is 5.56 Å². The SMILES string of the molecule is Cl.NC1(C(=O)NCC2(c3ccccc3)CC2)CC1. The second-order valence-corrected chi connectivity index (χ2v) is 5.49. The van der Waals surface area contributed by atoms with E-state index < -0.39 is 5.54 Å². The van der Waals surface area contributed by atoms with Gasteiger partial charge in [0, 0.05) is 12.0 Å². The molecule has 0 bridgehead atoms. The molecule has 0 aliphatic heterocycles. The van der Waals surface area contributed by atoms with Crippen LogP contribution in [0.15, 0.2) is 30.3 Å². The van der Waals surface area contributed by atoms with Crippen LogP contribution in [0.4, 0.5) is 0 Å². The Bertz CT molecular complexity index is 438. The van der Waals surface area contributed by atoms with Crippen molar-refractivity contribution in [2.24, 2.45) is 5.73 Å². The lowest BCUT2D eigenvalue weighted by Gasteiger charge is -2.18. The van der Waals surface area contributed by atoms with Crippen LogP contribution in [0.25, 0.3) is 0 Å². The van der Waals surface area contributed by atoms with Crippen LogP contribution in [0.1, 0.15) is 31.2 Å². The largest absolute Gasteiger partial charge is 0.354 e. The maximum absolute atomic E-state index is 11.8. The minimum atomic E-state index is -0.549. The molecular formula is C14H19ClN2O. The number of hydrogen-bond acceptors (Lipinski definition) is 2.